The van der Waals surface area contributed by atoms with Crippen molar-refractivity contribution in [3.05, 3.63) is 11.9 Å². The van der Waals surface area contributed by atoms with Crippen LogP contribution in [0, 0.1) is 0 Å². The van der Waals surface area contributed by atoms with E-state index < -0.39 is 12.0 Å². The van der Waals surface area contributed by atoms with Crippen molar-refractivity contribution in [3.63, 3.8) is 0 Å². The summed E-state index contributed by atoms with van der Waals surface area (Å²) in [4.78, 5) is 10.7. The fourth-order valence-electron chi connectivity index (χ4n) is 1.53. The van der Waals surface area contributed by atoms with Gasteiger partial charge in [0.15, 0.2) is 6.04 Å². The van der Waals surface area contributed by atoms with Gasteiger partial charge in [0.25, 0.3) is 0 Å². The third-order valence-corrected chi connectivity index (χ3v) is 2.14. The monoisotopic (exact) mass is 167 g/mol. The van der Waals surface area contributed by atoms with Crippen molar-refractivity contribution in [2.45, 2.75) is 25.3 Å². The summed E-state index contributed by atoms with van der Waals surface area (Å²) in [6.45, 7) is 0. The topological polar surface area (TPSA) is 68.0 Å². The molecule has 1 aromatic rings. The van der Waals surface area contributed by atoms with Crippen LogP contribution in [-0.2, 0) is 11.2 Å². The normalized spacial score (nSPS) is 21.8. The highest BCUT2D eigenvalue weighted by atomic mass is 16.4. The molecule has 1 unspecified atom stereocenters. The molecule has 0 saturated carbocycles. The minimum atomic E-state index is -0.818. The van der Waals surface area contributed by atoms with E-state index in [0.717, 1.165) is 18.5 Å². The quantitative estimate of drug-likeness (QED) is 0.650. The van der Waals surface area contributed by atoms with Crippen LogP contribution in [0.3, 0.4) is 0 Å². The molecule has 2 heterocycles. The second kappa shape index (κ2) is 2.58. The molecule has 0 aliphatic carbocycles. The first-order chi connectivity index (χ1) is 5.79. The molecular weight excluding hydrogens is 158 g/mol. The predicted octanol–water partition coefficient (Wildman–Crippen LogP) is 0.240. The average Bonchev–Trinajstić information content (AvgIpc) is 2.49. The molecule has 0 aromatic carbocycles. The number of aliphatic carboxylic acids is 1. The van der Waals surface area contributed by atoms with E-state index >= 15 is 0 Å². The van der Waals surface area contributed by atoms with Crippen molar-refractivity contribution in [3.8, 4) is 0 Å². The van der Waals surface area contributed by atoms with E-state index in [1.807, 2.05) is 0 Å². The number of aryl methyl sites for hydroxylation is 1. The fraction of sp³-hybridized carbons (Fsp3) is 0.571. The Kier molecular flexibility index (Phi) is 1.56. The van der Waals surface area contributed by atoms with Crippen LogP contribution < -0.4 is 0 Å². The van der Waals surface area contributed by atoms with Crippen LogP contribution in [0.25, 0.3) is 0 Å². The molecule has 0 spiro atoms. The number of fused-ring (bicyclic) bond motifs is 1. The first-order valence-corrected chi connectivity index (χ1v) is 3.91. The zero-order chi connectivity index (χ0) is 8.55. The highest BCUT2D eigenvalue weighted by Gasteiger charge is 2.26. The number of carbonyl (C=O) groups is 1. The average molecular weight is 167 g/mol. The Labute approximate surface area is 69.0 Å². The summed E-state index contributed by atoms with van der Waals surface area (Å²) in [6, 6.07) is -0.503. The minimum absolute atomic E-state index is 0.503. The zero-order valence-corrected chi connectivity index (χ0v) is 6.47. The van der Waals surface area contributed by atoms with Crippen LogP contribution >= 0.6 is 0 Å². The van der Waals surface area contributed by atoms with Crippen molar-refractivity contribution in [1.29, 1.82) is 0 Å². The number of hydrogen-bond acceptors (Lipinski definition) is 3. The third-order valence-electron chi connectivity index (χ3n) is 2.14. The van der Waals surface area contributed by atoms with Gasteiger partial charge in [0.1, 0.15) is 0 Å². The molecule has 2 rings (SSSR count). The highest BCUT2D eigenvalue weighted by molar-refractivity contribution is 5.71. The van der Waals surface area contributed by atoms with Crippen LogP contribution in [0.4, 0.5) is 0 Å². The van der Waals surface area contributed by atoms with E-state index in [0.29, 0.717) is 6.42 Å². The summed E-state index contributed by atoms with van der Waals surface area (Å²) >= 11 is 0. The summed E-state index contributed by atoms with van der Waals surface area (Å²) in [5, 5.41) is 16.2. The lowest BCUT2D eigenvalue weighted by molar-refractivity contribution is -0.141. The van der Waals surface area contributed by atoms with E-state index in [1.165, 1.54) is 4.68 Å². The van der Waals surface area contributed by atoms with Gasteiger partial charge < -0.3 is 5.11 Å². The lowest BCUT2D eigenvalue weighted by atomic mass is 10.0. The lowest BCUT2D eigenvalue weighted by Gasteiger charge is -2.19. The molecule has 1 N–H and O–H groups in total. The van der Waals surface area contributed by atoms with Crippen LogP contribution in [0.1, 0.15) is 24.6 Å². The van der Waals surface area contributed by atoms with Gasteiger partial charge in [-0.25, -0.2) is 9.48 Å². The Morgan fingerprint density at radius 3 is 3.33 bits per heavy atom. The van der Waals surface area contributed by atoms with Gasteiger partial charge in [-0.05, 0) is 19.3 Å². The number of nitrogens with zero attached hydrogens (tertiary/aromatic N) is 3. The Morgan fingerprint density at radius 2 is 2.58 bits per heavy atom. The first-order valence-electron chi connectivity index (χ1n) is 3.91. The smallest absolute Gasteiger partial charge is 0.328 e. The fourth-order valence-corrected chi connectivity index (χ4v) is 1.53. The maximum Gasteiger partial charge on any atom is 0.328 e. The minimum Gasteiger partial charge on any atom is -0.480 e. The van der Waals surface area contributed by atoms with Crippen molar-refractivity contribution >= 4 is 5.97 Å². The Hall–Kier alpha value is -1.39. The summed E-state index contributed by atoms with van der Waals surface area (Å²) in [5.74, 6) is -0.818. The van der Waals surface area contributed by atoms with Crippen LogP contribution in [0.15, 0.2) is 6.20 Å². The van der Waals surface area contributed by atoms with E-state index in [4.69, 9.17) is 5.11 Å². The van der Waals surface area contributed by atoms with Crippen LogP contribution in [0.2, 0.25) is 0 Å². The Morgan fingerprint density at radius 1 is 1.75 bits per heavy atom. The van der Waals surface area contributed by atoms with Crippen molar-refractivity contribution in [1.82, 2.24) is 15.0 Å². The SMILES string of the molecule is O=C(O)C1CCCc2cnnn21. The summed E-state index contributed by atoms with van der Waals surface area (Å²) in [7, 11) is 0. The number of hydrogen-bond donors (Lipinski definition) is 1. The zero-order valence-electron chi connectivity index (χ0n) is 6.47. The standard InChI is InChI=1S/C7H9N3O2/c11-7(12)6-3-1-2-5-4-8-9-10(5)6/h4,6H,1-3H2,(H,11,12). The third kappa shape index (κ3) is 0.975. The summed E-state index contributed by atoms with van der Waals surface area (Å²) in [6.07, 6.45) is 4.09. The molecule has 5 nitrogen and oxygen atoms in total. The maximum absolute atomic E-state index is 10.7. The van der Waals surface area contributed by atoms with E-state index in [9.17, 15) is 4.79 Å². The van der Waals surface area contributed by atoms with Gasteiger partial charge in [0.05, 0.1) is 11.9 Å². The molecule has 5 heteroatoms. The molecule has 1 atom stereocenters. The highest BCUT2D eigenvalue weighted by Crippen LogP contribution is 2.22. The van der Waals surface area contributed by atoms with Crippen LogP contribution in [-0.4, -0.2) is 26.1 Å². The van der Waals surface area contributed by atoms with E-state index in [2.05, 4.69) is 10.3 Å². The molecule has 0 fully saturated rings. The van der Waals surface area contributed by atoms with Crippen molar-refractivity contribution < 1.29 is 9.90 Å². The molecule has 12 heavy (non-hydrogen) atoms. The molecule has 0 amide bonds. The first kappa shape index (κ1) is 7.27. The van der Waals surface area contributed by atoms with Gasteiger partial charge in [-0.1, -0.05) is 5.21 Å². The molecule has 0 radical (unpaired) electrons. The summed E-state index contributed by atoms with van der Waals surface area (Å²) < 4.78 is 1.51. The van der Waals surface area contributed by atoms with Gasteiger partial charge in [-0.3, -0.25) is 0 Å². The predicted molar refractivity (Wildman–Crippen MR) is 39.6 cm³/mol. The van der Waals surface area contributed by atoms with Gasteiger partial charge in [0.2, 0.25) is 0 Å². The largest absolute Gasteiger partial charge is 0.480 e. The Balaban J connectivity index is 2.37. The van der Waals surface area contributed by atoms with E-state index in [-0.39, 0.29) is 0 Å². The van der Waals surface area contributed by atoms with Gasteiger partial charge in [-0.2, -0.15) is 0 Å². The van der Waals surface area contributed by atoms with Gasteiger partial charge in [-0.15, -0.1) is 5.10 Å². The second-order valence-electron chi connectivity index (χ2n) is 2.92. The lowest BCUT2D eigenvalue weighted by Crippen LogP contribution is -2.25. The molecule has 64 valence electrons. The molecule has 0 saturated heterocycles. The number of carboxylic acid groups (broad SMARTS) is 1. The van der Waals surface area contributed by atoms with Gasteiger partial charge >= 0.3 is 5.97 Å². The van der Waals surface area contributed by atoms with Crippen molar-refractivity contribution in [2.24, 2.45) is 0 Å². The van der Waals surface area contributed by atoms with Gasteiger partial charge in [0, 0.05) is 0 Å². The second-order valence-corrected chi connectivity index (χ2v) is 2.92. The van der Waals surface area contributed by atoms with Crippen molar-refractivity contribution in [2.75, 3.05) is 0 Å². The number of aromatic nitrogens is 3. The summed E-state index contributed by atoms with van der Waals surface area (Å²) in [5.41, 5.74) is 0.925. The molecular formula is C7H9N3O2. The number of rotatable bonds is 1. The maximum atomic E-state index is 10.7. The molecule has 1 aromatic heterocycles. The van der Waals surface area contributed by atoms with Crippen LogP contribution in [0.5, 0.6) is 0 Å². The number of carboxylic acids is 1. The molecule has 1 aliphatic heterocycles. The molecule has 0 bridgehead atoms. The van der Waals surface area contributed by atoms with E-state index in [1.54, 1.807) is 6.20 Å². The Bertz CT molecular complexity index is 307. The molecule has 1 aliphatic rings.